The van der Waals surface area contributed by atoms with Crippen molar-refractivity contribution in [3.63, 3.8) is 0 Å². The molecule has 0 aromatic heterocycles. The Hall–Kier alpha value is -1.06. The molecule has 0 aliphatic heterocycles. The Morgan fingerprint density at radius 3 is 2.60 bits per heavy atom. The quantitative estimate of drug-likeness (QED) is 0.792. The maximum absolute atomic E-state index is 6.32. The Kier molecular flexibility index (Phi) is 5.44. The number of methoxy groups -OCH3 is 1. The summed E-state index contributed by atoms with van der Waals surface area (Å²) < 4.78 is 5.54. The monoisotopic (exact) mass is 276 g/mol. The van der Waals surface area contributed by atoms with Crippen LogP contribution in [-0.4, -0.2) is 31.1 Å². The lowest BCUT2D eigenvalue weighted by molar-refractivity contribution is 0.166. The summed E-state index contributed by atoms with van der Waals surface area (Å²) in [5.41, 5.74) is 7.54. The average molecular weight is 276 g/mol. The van der Waals surface area contributed by atoms with Gasteiger partial charge in [0.1, 0.15) is 5.75 Å². The molecule has 1 aromatic rings. The van der Waals surface area contributed by atoms with E-state index in [1.807, 2.05) is 12.1 Å². The molecule has 2 unspecified atom stereocenters. The SMILES string of the molecule is CCCN(CC1CC1)C(c1ccccc1OC)C(C)N. The normalized spacial score (nSPS) is 18.1. The molecule has 1 aromatic carbocycles. The van der Waals surface area contributed by atoms with E-state index >= 15 is 0 Å². The summed E-state index contributed by atoms with van der Waals surface area (Å²) in [6.07, 6.45) is 3.90. The van der Waals surface area contributed by atoms with Crippen molar-refractivity contribution in [3.8, 4) is 5.75 Å². The fraction of sp³-hybridized carbons (Fsp3) is 0.647. The van der Waals surface area contributed by atoms with E-state index in [-0.39, 0.29) is 12.1 Å². The van der Waals surface area contributed by atoms with E-state index in [1.54, 1.807) is 7.11 Å². The van der Waals surface area contributed by atoms with Gasteiger partial charge < -0.3 is 10.5 Å². The highest BCUT2D eigenvalue weighted by Crippen LogP contribution is 2.36. The molecule has 0 radical (unpaired) electrons. The maximum atomic E-state index is 6.32. The molecule has 1 aliphatic carbocycles. The van der Waals surface area contributed by atoms with Gasteiger partial charge in [-0.05, 0) is 44.7 Å². The van der Waals surface area contributed by atoms with Crippen molar-refractivity contribution >= 4 is 0 Å². The van der Waals surface area contributed by atoms with Crippen molar-refractivity contribution in [2.45, 2.75) is 45.2 Å². The van der Waals surface area contributed by atoms with E-state index in [1.165, 1.54) is 18.4 Å². The molecule has 1 fully saturated rings. The first kappa shape index (κ1) is 15.3. The number of rotatable bonds is 8. The molecular weight excluding hydrogens is 248 g/mol. The molecule has 0 bridgehead atoms. The zero-order valence-corrected chi connectivity index (χ0v) is 13.0. The van der Waals surface area contributed by atoms with Gasteiger partial charge in [-0.2, -0.15) is 0 Å². The van der Waals surface area contributed by atoms with Crippen LogP contribution in [0.1, 0.15) is 44.7 Å². The third-order valence-corrected chi connectivity index (χ3v) is 4.05. The third kappa shape index (κ3) is 3.74. The van der Waals surface area contributed by atoms with Crippen LogP contribution >= 0.6 is 0 Å². The van der Waals surface area contributed by atoms with E-state index in [0.29, 0.717) is 0 Å². The number of benzene rings is 1. The molecule has 2 N–H and O–H groups in total. The van der Waals surface area contributed by atoms with Gasteiger partial charge in [0, 0.05) is 18.2 Å². The fourth-order valence-corrected chi connectivity index (χ4v) is 2.99. The number of ether oxygens (including phenoxy) is 1. The van der Waals surface area contributed by atoms with Gasteiger partial charge in [0.05, 0.1) is 13.2 Å². The Morgan fingerprint density at radius 2 is 2.05 bits per heavy atom. The Bertz CT molecular complexity index is 415. The van der Waals surface area contributed by atoms with Gasteiger partial charge in [-0.25, -0.2) is 0 Å². The highest BCUT2D eigenvalue weighted by atomic mass is 16.5. The van der Waals surface area contributed by atoms with Gasteiger partial charge in [-0.15, -0.1) is 0 Å². The van der Waals surface area contributed by atoms with Crippen LogP contribution in [0, 0.1) is 5.92 Å². The van der Waals surface area contributed by atoms with Crippen LogP contribution < -0.4 is 10.5 Å². The third-order valence-electron chi connectivity index (χ3n) is 4.05. The average Bonchev–Trinajstić information content (AvgIpc) is 3.23. The molecule has 0 heterocycles. The number of nitrogens with zero attached hydrogens (tertiary/aromatic N) is 1. The van der Waals surface area contributed by atoms with E-state index in [2.05, 4.69) is 30.9 Å². The first-order valence-electron chi connectivity index (χ1n) is 7.79. The van der Waals surface area contributed by atoms with Crippen LogP contribution in [0.3, 0.4) is 0 Å². The Balaban J connectivity index is 2.26. The molecule has 3 nitrogen and oxygen atoms in total. The zero-order chi connectivity index (χ0) is 14.5. The fourth-order valence-electron chi connectivity index (χ4n) is 2.99. The minimum atomic E-state index is 0.0941. The summed E-state index contributed by atoms with van der Waals surface area (Å²) in [5, 5.41) is 0. The summed E-state index contributed by atoms with van der Waals surface area (Å²) >= 11 is 0. The zero-order valence-electron chi connectivity index (χ0n) is 13.0. The van der Waals surface area contributed by atoms with Gasteiger partial charge in [0.15, 0.2) is 0 Å². The Morgan fingerprint density at radius 1 is 1.35 bits per heavy atom. The van der Waals surface area contributed by atoms with Crippen molar-refractivity contribution < 1.29 is 4.74 Å². The van der Waals surface area contributed by atoms with Gasteiger partial charge in [-0.1, -0.05) is 25.1 Å². The first-order chi connectivity index (χ1) is 9.67. The minimum absolute atomic E-state index is 0.0941. The summed E-state index contributed by atoms with van der Waals surface area (Å²) in [7, 11) is 1.74. The molecule has 0 saturated heterocycles. The molecule has 2 atom stereocenters. The highest BCUT2D eigenvalue weighted by Gasteiger charge is 2.31. The lowest BCUT2D eigenvalue weighted by Crippen LogP contribution is -2.41. The second kappa shape index (κ2) is 7.09. The lowest BCUT2D eigenvalue weighted by Gasteiger charge is -2.35. The molecule has 20 heavy (non-hydrogen) atoms. The van der Waals surface area contributed by atoms with Crippen molar-refractivity contribution in [3.05, 3.63) is 29.8 Å². The first-order valence-corrected chi connectivity index (χ1v) is 7.79. The van der Waals surface area contributed by atoms with Crippen LogP contribution in [0.5, 0.6) is 5.75 Å². The number of hydrogen-bond donors (Lipinski definition) is 1. The Labute approximate surface area is 123 Å². The van der Waals surface area contributed by atoms with E-state index in [0.717, 1.165) is 31.2 Å². The molecule has 0 spiro atoms. The summed E-state index contributed by atoms with van der Waals surface area (Å²) in [4.78, 5) is 2.56. The molecule has 1 aliphatic rings. The van der Waals surface area contributed by atoms with Gasteiger partial charge in [0.2, 0.25) is 0 Å². The number of hydrogen-bond acceptors (Lipinski definition) is 3. The predicted molar refractivity (Wildman–Crippen MR) is 84.0 cm³/mol. The van der Waals surface area contributed by atoms with Crippen LogP contribution in [0.4, 0.5) is 0 Å². The molecular formula is C17H28N2O. The van der Waals surface area contributed by atoms with E-state index in [4.69, 9.17) is 10.5 Å². The van der Waals surface area contributed by atoms with Crippen LogP contribution in [0.25, 0.3) is 0 Å². The topological polar surface area (TPSA) is 38.5 Å². The largest absolute Gasteiger partial charge is 0.496 e. The summed E-state index contributed by atoms with van der Waals surface area (Å²) in [6.45, 7) is 6.60. The second-order valence-electron chi connectivity index (χ2n) is 5.98. The van der Waals surface area contributed by atoms with Crippen LogP contribution in [0.2, 0.25) is 0 Å². The standard InChI is InChI=1S/C17H28N2O/c1-4-11-19(12-14-9-10-14)17(13(2)18)15-7-5-6-8-16(15)20-3/h5-8,13-14,17H,4,9-12,18H2,1-3H3. The van der Waals surface area contributed by atoms with Gasteiger partial charge in [0.25, 0.3) is 0 Å². The van der Waals surface area contributed by atoms with Crippen molar-refractivity contribution in [2.75, 3.05) is 20.2 Å². The molecule has 2 rings (SSSR count). The van der Waals surface area contributed by atoms with Gasteiger partial charge >= 0.3 is 0 Å². The summed E-state index contributed by atoms with van der Waals surface area (Å²) in [5.74, 6) is 1.82. The van der Waals surface area contributed by atoms with Crippen LogP contribution in [0.15, 0.2) is 24.3 Å². The van der Waals surface area contributed by atoms with E-state index in [9.17, 15) is 0 Å². The van der Waals surface area contributed by atoms with E-state index < -0.39 is 0 Å². The van der Waals surface area contributed by atoms with Crippen molar-refractivity contribution in [2.24, 2.45) is 11.7 Å². The second-order valence-corrected chi connectivity index (χ2v) is 5.98. The minimum Gasteiger partial charge on any atom is -0.496 e. The van der Waals surface area contributed by atoms with Crippen molar-refractivity contribution in [1.29, 1.82) is 0 Å². The van der Waals surface area contributed by atoms with Gasteiger partial charge in [-0.3, -0.25) is 4.90 Å². The highest BCUT2D eigenvalue weighted by molar-refractivity contribution is 5.36. The van der Waals surface area contributed by atoms with Crippen LogP contribution in [-0.2, 0) is 0 Å². The molecule has 3 heteroatoms. The predicted octanol–water partition coefficient (Wildman–Crippen LogP) is 3.21. The number of nitrogens with two attached hydrogens (primary N) is 1. The summed E-state index contributed by atoms with van der Waals surface area (Å²) in [6, 6.07) is 8.62. The lowest BCUT2D eigenvalue weighted by atomic mass is 9.97. The molecule has 112 valence electrons. The van der Waals surface area contributed by atoms with Crippen molar-refractivity contribution in [1.82, 2.24) is 4.90 Å². The smallest absolute Gasteiger partial charge is 0.123 e. The maximum Gasteiger partial charge on any atom is 0.123 e. The number of para-hydroxylation sites is 1. The molecule has 0 amide bonds. The molecule has 1 saturated carbocycles.